The van der Waals surface area contributed by atoms with Gasteiger partial charge in [-0.05, 0) is 44.6 Å². The summed E-state index contributed by atoms with van der Waals surface area (Å²) in [4.78, 5) is 14.8. The molecule has 1 aliphatic carbocycles. The highest BCUT2D eigenvalue weighted by atomic mass is 16.2. The molecule has 1 saturated carbocycles. The summed E-state index contributed by atoms with van der Waals surface area (Å²) in [5.41, 5.74) is 5.71. The smallest absolute Gasteiger partial charge is 0.230 e. The van der Waals surface area contributed by atoms with Crippen molar-refractivity contribution in [2.24, 2.45) is 17.1 Å². The quantitative estimate of drug-likeness (QED) is 0.771. The fourth-order valence-electron chi connectivity index (χ4n) is 3.20. The van der Waals surface area contributed by atoms with E-state index in [1.165, 1.54) is 0 Å². The van der Waals surface area contributed by atoms with Crippen LogP contribution in [0.5, 0.6) is 0 Å². The molecule has 1 heterocycles. The fourth-order valence-corrected chi connectivity index (χ4v) is 3.20. The van der Waals surface area contributed by atoms with Crippen molar-refractivity contribution in [3.63, 3.8) is 0 Å². The van der Waals surface area contributed by atoms with Gasteiger partial charge in [0.2, 0.25) is 5.91 Å². The van der Waals surface area contributed by atoms with Crippen LogP contribution in [0.2, 0.25) is 0 Å². The van der Waals surface area contributed by atoms with Crippen molar-refractivity contribution in [2.45, 2.75) is 39.0 Å². The van der Waals surface area contributed by atoms with E-state index in [1.807, 2.05) is 4.90 Å². The molecule has 0 aromatic carbocycles. The zero-order valence-corrected chi connectivity index (χ0v) is 11.6. The Balaban J connectivity index is 2.04. The predicted octanol–water partition coefficient (Wildman–Crippen LogP) is 0.964. The van der Waals surface area contributed by atoms with Crippen LogP contribution >= 0.6 is 0 Å². The molecule has 0 aromatic heterocycles. The van der Waals surface area contributed by atoms with Crippen LogP contribution in [0.1, 0.15) is 39.0 Å². The van der Waals surface area contributed by atoms with Gasteiger partial charge in [0.25, 0.3) is 0 Å². The molecule has 0 bridgehead atoms. The standard InChI is InChI=1S/C14H27N3O/c1-12-3-5-14(11-15,6-4-12)13(18)17-9-2-7-16-8-10-17/h12,16H,2-11,15H2,1H3. The van der Waals surface area contributed by atoms with Gasteiger partial charge in [-0.3, -0.25) is 4.79 Å². The SMILES string of the molecule is CC1CCC(CN)(C(=O)N2CCCNCC2)CC1. The lowest BCUT2D eigenvalue weighted by atomic mass is 9.70. The third kappa shape index (κ3) is 2.86. The zero-order valence-electron chi connectivity index (χ0n) is 11.6. The maximum atomic E-state index is 12.8. The second-order valence-corrected chi connectivity index (χ2v) is 6.06. The lowest BCUT2D eigenvalue weighted by Gasteiger charge is -2.40. The second kappa shape index (κ2) is 6.02. The topological polar surface area (TPSA) is 58.4 Å². The molecule has 0 spiro atoms. The molecule has 4 heteroatoms. The lowest BCUT2D eigenvalue weighted by Crippen LogP contribution is -2.50. The van der Waals surface area contributed by atoms with E-state index in [2.05, 4.69) is 12.2 Å². The zero-order chi connectivity index (χ0) is 13.0. The molecule has 1 amide bonds. The molecule has 0 unspecified atom stereocenters. The summed E-state index contributed by atoms with van der Waals surface area (Å²) in [6.45, 7) is 6.47. The van der Waals surface area contributed by atoms with E-state index in [4.69, 9.17) is 5.73 Å². The normalized spacial score (nSPS) is 34.1. The third-order valence-corrected chi connectivity index (χ3v) is 4.70. The highest BCUT2D eigenvalue weighted by Crippen LogP contribution is 2.39. The number of hydrogen-bond acceptors (Lipinski definition) is 3. The Hall–Kier alpha value is -0.610. The van der Waals surface area contributed by atoms with E-state index in [9.17, 15) is 4.79 Å². The summed E-state index contributed by atoms with van der Waals surface area (Å²) in [6, 6.07) is 0. The van der Waals surface area contributed by atoms with E-state index in [1.54, 1.807) is 0 Å². The van der Waals surface area contributed by atoms with Gasteiger partial charge in [-0.25, -0.2) is 0 Å². The van der Waals surface area contributed by atoms with Crippen LogP contribution in [0.15, 0.2) is 0 Å². The molecule has 18 heavy (non-hydrogen) atoms. The number of nitrogens with zero attached hydrogens (tertiary/aromatic N) is 1. The Kier molecular flexibility index (Phi) is 4.62. The molecule has 0 aromatic rings. The predicted molar refractivity (Wildman–Crippen MR) is 73.2 cm³/mol. The van der Waals surface area contributed by atoms with E-state index in [0.29, 0.717) is 12.5 Å². The molecule has 2 fully saturated rings. The molecule has 3 N–H and O–H groups in total. The number of carbonyl (C=O) groups is 1. The number of carbonyl (C=O) groups excluding carboxylic acids is 1. The Morgan fingerprint density at radius 2 is 2.06 bits per heavy atom. The van der Waals surface area contributed by atoms with Gasteiger partial charge < -0.3 is 16.0 Å². The van der Waals surface area contributed by atoms with Gasteiger partial charge in [0.15, 0.2) is 0 Å². The molecule has 2 aliphatic rings. The first-order chi connectivity index (χ1) is 8.68. The Morgan fingerprint density at radius 3 is 2.72 bits per heavy atom. The summed E-state index contributed by atoms with van der Waals surface area (Å²) < 4.78 is 0. The summed E-state index contributed by atoms with van der Waals surface area (Å²) in [5.74, 6) is 1.07. The minimum absolute atomic E-state index is 0.253. The van der Waals surface area contributed by atoms with Gasteiger partial charge in [0.1, 0.15) is 0 Å². The van der Waals surface area contributed by atoms with Crippen molar-refractivity contribution in [3.8, 4) is 0 Å². The van der Waals surface area contributed by atoms with Crippen molar-refractivity contribution in [1.82, 2.24) is 10.2 Å². The monoisotopic (exact) mass is 253 g/mol. The van der Waals surface area contributed by atoms with Crippen molar-refractivity contribution >= 4 is 5.91 Å². The van der Waals surface area contributed by atoms with E-state index < -0.39 is 0 Å². The molecule has 0 radical (unpaired) electrons. The Bertz CT molecular complexity index is 277. The van der Waals surface area contributed by atoms with Crippen LogP contribution in [-0.2, 0) is 4.79 Å². The molecular weight excluding hydrogens is 226 g/mol. The van der Waals surface area contributed by atoms with Crippen molar-refractivity contribution in [1.29, 1.82) is 0 Å². The molecule has 0 atom stereocenters. The maximum Gasteiger partial charge on any atom is 0.230 e. The number of nitrogens with two attached hydrogens (primary N) is 1. The van der Waals surface area contributed by atoms with Crippen LogP contribution in [0.3, 0.4) is 0 Å². The summed E-state index contributed by atoms with van der Waals surface area (Å²) in [5, 5.41) is 3.35. The number of hydrogen-bond donors (Lipinski definition) is 2. The minimum Gasteiger partial charge on any atom is -0.341 e. The Labute approximate surface area is 110 Å². The highest BCUT2D eigenvalue weighted by Gasteiger charge is 2.42. The Morgan fingerprint density at radius 1 is 1.33 bits per heavy atom. The largest absolute Gasteiger partial charge is 0.341 e. The molecule has 104 valence electrons. The van der Waals surface area contributed by atoms with Crippen molar-refractivity contribution in [2.75, 3.05) is 32.7 Å². The highest BCUT2D eigenvalue weighted by molar-refractivity contribution is 5.83. The summed E-state index contributed by atoms with van der Waals surface area (Å²) in [7, 11) is 0. The van der Waals surface area contributed by atoms with Gasteiger partial charge in [0, 0.05) is 26.2 Å². The summed E-state index contributed by atoms with van der Waals surface area (Å²) in [6.07, 6.45) is 5.31. The molecule has 1 aliphatic heterocycles. The van der Waals surface area contributed by atoms with Crippen molar-refractivity contribution in [3.05, 3.63) is 0 Å². The number of amides is 1. The molecular formula is C14H27N3O. The number of nitrogens with one attached hydrogen (secondary N) is 1. The molecule has 1 saturated heterocycles. The van der Waals surface area contributed by atoms with Gasteiger partial charge in [-0.1, -0.05) is 6.92 Å². The number of rotatable bonds is 2. The maximum absolute atomic E-state index is 12.8. The first-order valence-electron chi connectivity index (χ1n) is 7.38. The average molecular weight is 253 g/mol. The van der Waals surface area contributed by atoms with Gasteiger partial charge in [0.05, 0.1) is 5.41 Å². The van der Waals surface area contributed by atoms with Crippen molar-refractivity contribution < 1.29 is 4.79 Å². The van der Waals surface area contributed by atoms with Gasteiger partial charge in [-0.2, -0.15) is 0 Å². The first kappa shape index (κ1) is 13.8. The van der Waals surface area contributed by atoms with Crippen LogP contribution in [-0.4, -0.2) is 43.5 Å². The lowest BCUT2D eigenvalue weighted by molar-refractivity contribution is -0.143. The first-order valence-corrected chi connectivity index (χ1v) is 7.38. The molecule has 2 rings (SSSR count). The summed E-state index contributed by atoms with van der Waals surface area (Å²) >= 11 is 0. The van der Waals surface area contributed by atoms with E-state index >= 15 is 0 Å². The minimum atomic E-state index is -0.253. The average Bonchev–Trinajstić information content (AvgIpc) is 2.68. The van der Waals surface area contributed by atoms with E-state index in [-0.39, 0.29) is 5.41 Å². The van der Waals surface area contributed by atoms with Gasteiger partial charge in [-0.15, -0.1) is 0 Å². The fraction of sp³-hybridized carbons (Fsp3) is 0.929. The third-order valence-electron chi connectivity index (χ3n) is 4.70. The van der Waals surface area contributed by atoms with Crippen LogP contribution in [0, 0.1) is 11.3 Å². The second-order valence-electron chi connectivity index (χ2n) is 6.06. The van der Waals surface area contributed by atoms with Crippen LogP contribution in [0.25, 0.3) is 0 Å². The van der Waals surface area contributed by atoms with Crippen LogP contribution < -0.4 is 11.1 Å². The van der Waals surface area contributed by atoms with Gasteiger partial charge >= 0.3 is 0 Å². The molecule has 4 nitrogen and oxygen atoms in total. The van der Waals surface area contributed by atoms with Crippen LogP contribution in [0.4, 0.5) is 0 Å². The van der Waals surface area contributed by atoms with E-state index in [0.717, 1.165) is 64.2 Å².